The summed E-state index contributed by atoms with van der Waals surface area (Å²) in [5.41, 5.74) is 1.28. The van der Waals surface area contributed by atoms with Crippen molar-refractivity contribution in [3.05, 3.63) is 57.0 Å². The molecule has 0 aliphatic rings. The zero-order chi connectivity index (χ0) is 17.1. The number of nitro groups is 1. The molecule has 0 aliphatic heterocycles. The second-order valence-electron chi connectivity index (χ2n) is 5.56. The molecule has 2 aromatic rings. The first-order valence-electron chi connectivity index (χ1n) is 7.22. The highest BCUT2D eigenvalue weighted by Gasteiger charge is 2.25. The van der Waals surface area contributed by atoms with E-state index in [4.69, 9.17) is 9.26 Å². The highest BCUT2D eigenvalue weighted by Crippen LogP contribution is 2.27. The van der Waals surface area contributed by atoms with Crippen LogP contribution in [0.4, 0.5) is 5.69 Å². The number of carbonyl (C=O) groups is 1. The summed E-state index contributed by atoms with van der Waals surface area (Å²) >= 11 is 0. The largest absolute Gasteiger partial charge is 0.454 e. The van der Waals surface area contributed by atoms with Gasteiger partial charge in [0.1, 0.15) is 11.7 Å². The predicted octanol–water partition coefficient (Wildman–Crippen LogP) is 3.93. The monoisotopic (exact) mass is 318 g/mol. The van der Waals surface area contributed by atoms with Crippen molar-refractivity contribution in [1.82, 2.24) is 5.16 Å². The Balaban J connectivity index is 2.22. The average molecular weight is 318 g/mol. The fraction of sp³-hybridized carbons (Fsp3) is 0.375. The number of hydrogen-bond donors (Lipinski definition) is 0. The SMILES string of the molecule is Cc1noc(C(C)C)c1C(=O)O[C@H](C)c1cccc([N+](=O)[O-])c1. The van der Waals surface area contributed by atoms with Crippen LogP contribution in [0.5, 0.6) is 0 Å². The van der Waals surface area contributed by atoms with E-state index in [0.29, 0.717) is 22.6 Å². The van der Waals surface area contributed by atoms with E-state index in [1.165, 1.54) is 12.1 Å². The number of esters is 1. The van der Waals surface area contributed by atoms with Gasteiger partial charge in [0.25, 0.3) is 5.69 Å². The van der Waals surface area contributed by atoms with Crippen LogP contribution in [0.2, 0.25) is 0 Å². The van der Waals surface area contributed by atoms with E-state index in [-0.39, 0.29) is 11.6 Å². The summed E-state index contributed by atoms with van der Waals surface area (Å²) in [4.78, 5) is 22.7. The molecule has 23 heavy (non-hydrogen) atoms. The summed E-state index contributed by atoms with van der Waals surface area (Å²) in [6.45, 7) is 7.11. The standard InChI is InChI=1S/C16H18N2O5/c1-9(2)15-14(10(3)17-23-15)16(19)22-11(4)12-6-5-7-13(8-12)18(20)21/h5-9,11H,1-4H3/t11-/m1/s1. The zero-order valence-electron chi connectivity index (χ0n) is 13.4. The lowest BCUT2D eigenvalue weighted by atomic mass is 10.1. The molecule has 0 saturated carbocycles. The van der Waals surface area contributed by atoms with Crippen LogP contribution >= 0.6 is 0 Å². The normalized spacial score (nSPS) is 12.2. The van der Waals surface area contributed by atoms with E-state index in [0.717, 1.165) is 0 Å². The van der Waals surface area contributed by atoms with Crippen LogP contribution < -0.4 is 0 Å². The minimum Gasteiger partial charge on any atom is -0.454 e. The van der Waals surface area contributed by atoms with E-state index in [2.05, 4.69) is 5.16 Å². The molecule has 1 aromatic heterocycles. The smallest absolute Gasteiger partial charge is 0.344 e. The van der Waals surface area contributed by atoms with Crippen molar-refractivity contribution in [1.29, 1.82) is 0 Å². The maximum Gasteiger partial charge on any atom is 0.344 e. The van der Waals surface area contributed by atoms with Gasteiger partial charge in [0.15, 0.2) is 5.76 Å². The molecule has 1 atom stereocenters. The highest BCUT2D eigenvalue weighted by atomic mass is 16.6. The topological polar surface area (TPSA) is 95.5 Å². The van der Waals surface area contributed by atoms with Gasteiger partial charge in [-0.1, -0.05) is 31.1 Å². The summed E-state index contributed by atoms with van der Waals surface area (Å²) in [5, 5.41) is 14.6. The number of hydrogen-bond acceptors (Lipinski definition) is 6. The van der Waals surface area contributed by atoms with Crippen molar-refractivity contribution in [3.8, 4) is 0 Å². The Hall–Kier alpha value is -2.70. The molecule has 0 unspecified atom stereocenters. The van der Waals surface area contributed by atoms with Gasteiger partial charge in [-0.3, -0.25) is 10.1 Å². The number of ether oxygens (including phenoxy) is 1. The van der Waals surface area contributed by atoms with Gasteiger partial charge >= 0.3 is 5.97 Å². The number of carbonyl (C=O) groups excluding carboxylic acids is 1. The molecule has 0 amide bonds. The van der Waals surface area contributed by atoms with Crippen molar-refractivity contribution < 1.29 is 19.0 Å². The summed E-state index contributed by atoms with van der Waals surface area (Å²) < 4.78 is 10.6. The first-order valence-corrected chi connectivity index (χ1v) is 7.22. The van der Waals surface area contributed by atoms with Crippen molar-refractivity contribution in [2.75, 3.05) is 0 Å². The van der Waals surface area contributed by atoms with Crippen molar-refractivity contribution in [2.45, 2.75) is 39.7 Å². The number of aromatic nitrogens is 1. The minimum absolute atomic E-state index is 0.00753. The molecule has 0 saturated heterocycles. The van der Waals surface area contributed by atoms with E-state index >= 15 is 0 Å². The lowest BCUT2D eigenvalue weighted by molar-refractivity contribution is -0.385. The maximum atomic E-state index is 12.4. The van der Waals surface area contributed by atoms with Gasteiger partial charge in [-0.25, -0.2) is 4.79 Å². The van der Waals surface area contributed by atoms with E-state index in [1.54, 1.807) is 26.0 Å². The first kappa shape index (κ1) is 16.7. The molecule has 7 nitrogen and oxygen atoms in total. The number of nitro benzene ring substituents is 1. The molecule has 7 heteroatoms. The summed E-state index contributed by atoms with van der Waals surface area (Å²) in [6.07, 6.45) is -0.628. The van der Waals surface area contributed by atoms with Gasteiger partial charge in [0.2, 0.25) is 0 Å². The van der Waals surface area contributed by atoms with Gasteiger partial charge in [-0.05, 0) is 19.4 Å². The summed E-state index contributed by atoms with van der Waals surface area (Å²) in [5.74, 6) is -0.0860. The Morgan fingerprint density at radius 1 is 1.35 bits per heavy atom. The molecule has 0 spiro atoms. The molecule has 1 aromatic carbocycles. The van der Waals surface area contributed by atoms with Crippen LogP contribution in [-0.4, -0.2) is 16.0 Å². The number of nitrogens with zero attached hydrogens (tertiary/aromatic N) is 2. The first-order chi connectivity index (χ1) is 10.8. The Labute approximate surface area is 133 Å². The number of non-ortho nitro benzene ring substituents is 1. The van der Waals surface area contributed by atoms with Gasteiger partial charge in [-0.15, -0.1) is 0 Å². The fourth-order valence-electron chi connectivity index (χ4n) is 2.21. The summed E-state index contributed by atoms with van der Waals surface area (Å²) in [7, 11) is 0. The molecular formula is C16H18N2O5. The molecule has 0 fully saturated rings. The third-order valence-corrected chi connectivity index (χ3v) is 3.45. The molecular weight excluding hydrogens is 300 g/mol. The fourth-order valence-corrected chi connectivity index (χ4v) is 2.21. The lowest BCUT2D eigenvalue weighted by Gasteiger charge is -2.14. The van der Waals surface area contributed by atoms with E-state index < -0.39 is 17.0 Å². The van der Waals surface area contributed by atoms with Crippen molar-refractivity contribution in [2.24, 2.45) is 0 Å². The second kappa shape index (κ2) is 6.60. The number of benzene rings is 1. The number of aryl methyl sites for hydroxylation is 1. The van der Waals surface area contributed by atoms with Gasteiger partial charge < -0.3 is 9.26 Å². The Morgan fingerprint density at radius 2 is 2.04 bits per heavy atom. The molecule has 2 rings (SSSR count). The Morgan fingerprint density at radius 3 is 2.65 bits per heavy atom. The van der Waals surface area contributed by atoms with E-state index in [1.807, 2.05) is 13.8 Å². The van der Waals surface area contributed by atoms with Crippen molar-refractivity contribution >= 4 is 11.7 Å². The highest BCUT2D eigenvalue weighted by molar-refractivity contribution is 5.91. The van der Waals surface area contributed by atoms with Crippen molar-refractivity contribution in [3.63, 3.8) is 0 Å². The Kier molecular flexibility index (Phi) is 4.78. The summed E-state index contributed by atoms with van der Waals surface area (Å²) in [6, 6.07) is 6.01. The Bertz CT molecular complexity index is 736. The van der Waals surface area contributed by atoms with Gasteiger partial charge in [0.05, 0.1) is 10.6 Å². The molecule has 0 aliphatic carbocycles. The van der Waals surface area contributed by atoms with Crippen LogP contribution in [0.3, 0.4) is 0 Å². The van der Waals surface area contributed by atoms with Gasteiger partial charge in [-0.2, -0.15) is 0 Å². The molecule has 0 N–H and O–H groups in total. The van der Waals surface area contributed by atoms with Gasteiger partial charge in [0, 0.05) is 18.1 Å². The second-order valence-corrected chi connectivity index (χ2v) is 5.56. The van der Waals surface area contributed by atoms with Crippen LogP contribution in [0.25, 0.3) is 0 Å². The molecule has 0 bridgehead atoms. The quantitative estimate of drug-likeness (QED) is 0.471. The zero-order valence-corrected chi connectivity index (χ0v) is 13.4. The molecule has 0 radical (unpaired) electrons. The van der Waals surface area contributed by atoms with E-state index in [9.17, 15) is 14.9 Å². The lowest BCUT2D eigenvalue weighted by Crippen LogP contribution is -2.12. The van der Waals surface area contributed by atoms with Crippen LogP contribution in [0.1, 0.15) is 60.2 Å². The van der Waals surface area contributed by atoms with Crippen LogP contribution in [0.15, 0.2) is 28.8 Å². The third-order valence-electron chi connectivity index (χ3n) is 3.45. The average Bonchev–Trinajstić information content (AvgIpc) is 2.89. The predicted molar refractivity (Wildman–Crippen MR) is 82.3 cm³/mol. The minimum atomic E-state index is -0.628. The molecule has 122 valence electrons. The third kappa shape index (κ3) is 3.56. The van der Waals surface area contributed by atoms with Crippen LogP contribution in [0, 0.1) is 17.0 Å². The van der Waals surface area contributed by atoms with Crippen LogP contribution in [-0.2, 0) is 4.74 Å². The maximum absolute atomic E-state index is 12.4. The number of rotatable bonds is 5. The molecule has 1 heterocycles.